The summed E-state index contributed by atoms with van der Waals surface area (Å²) in [4.78, 5) is 17.3. The number of nitrogens with two attached hydrogens (primary N) is 1. The summed E-state index contributed by atoms with van der Waals surface area (Å²) in [6.45, 7) is 0.850. The molecule has 1 aromatic carbocycles. The molecule has 110 valence electrons. The maximum absolute atomic E-state index is 11.0. The largest absolute Gasteiger partial charge is 0.463 e. The molecule has 3 N–H and O–H groups in total. The molecule has 0 fully saturated rings. The molecule has 0 spiro atoms. The minimum atomic E-state index is -0.357. The minimum Gasteiger partial charge on any atom is -0.463 e. The highest BCUT2D eigenvalue weighted by atomic mass is 79.9. The molecule has 0 radical (unpaired) electrons. The number of ether oxygens (including phenoxy) is 1. The summed E-state index contributed by atoms with van der Waals surface area (Å²) in [7, 11) is 0. The van der Waals surface area contributed by atoms with Crippen molar-refractivity contribution in [2.45, 2.75) is 6.42 Å². The standard InChI is InChI=1S/C13H12BrClN4O2/c14-7-5-8-10-12(11(7)15)17-6-18-13(10)19(3-4-21-8)2-1-9(16)20/h3-5,18H,1-2,6H2,(H2,16,20). The van der Waals surface area contributed by atoms with Crippen molar-refractivity contribution in [1.82, 2.24) is 10.2 Å². The van der Waals surface area contributed by atoms with Crippen LogP contribution in [0.4, 0.5) is 0 Å². The number of halogens is 2. The quantitative estimate of drug-likeness (QED) is 0.805. The number of nitrogens with zero attached hydrogens (tertiary/aromatic N) is 2. The van der Waals surface area contributed by atoms with Crippen LogP contribution < -0.4 is 26.4 Å². The molecule has 0 saturated heterocycles. The van der Waals surface area contributed by atoms with Crippen LogP contribution in [-0.2, 0) is 4.79 Å². The van der Waals surface area contributed by atoms with Crippen LogP contribution in [0, 0.1) is 0 Å². The van der Waals surface area contributed by atoms with Gasteiger partial charge in [0.05, 0.1) is 15.6 Å². The number of benzene rings is 1. The summed E-state index contributed by atoms with van der Waals surface area (Å²) in [5.41, 5.74) is 5.22. The van der Waals surface area contributed by atoms with Crippen molar-refractivity contribution in [1.29, 1.82) is 0 Å². The molecule has 21 heavy (non-hydrogen) atoms. The molecule has 8 heteroatoms. The summed E-state index contributed by atoms with van der Waals surface area (Å²) in [6.07, 6.45) is 3.55. The van der Waals surface area contributed by atoms with Crippen LogP contribution in [0.5, 0.6) is 5.75 Å². The lowest BCUT2D eigenvalue weighted by Crippen LogP contribution is -2.44. The van der Waals surface area contributed by atoms with Gasteiger partial charge in [-0.05, 0) is 22.0 Å². The molecular formula is C13H12BrClN4O2. The van der Waals surface area contributed by atoms with Crippen molar-refractivity contribution in [3.05, 3.63) is 38.6 Å². The maximum atomic E-state index is 11.0. The van der Waals surface area contributed by atoms with Crippen LogP contribution in [0.1, 0.15) is 6.42 Å². The van der Waals surface area contributed by atoms with E-state index in [2.05, 4.69) is 26.2 Å². The highest BCUT2D eigenvalue weighted by Gasteiger charge is 2.20. The number of carbonyl (C=O) groups excluding carboxylic acids is 1. The van der Waals surface area contributed by atoms with Gasteiger partial charge in [-0.3, -0.25) is 9.79 Å². The van der Waals surface area contributed by atoms with Crippen LogP contribution in [0.15, 0.2) is 28.0 Å². The first-order chi connectivity index (χ1) is 10.1. The van der Waals surface area contributed by atoms with Crippen LogP contribution in [-0.4, -0.2) is 24.0 Å². The molecule has 0 unspecified atom stereocenters. The highest BCUT2D eigenvalue weighted by Crippen LogP contribution is 2.23. The monoisotopic (exact) mass is 370 g/mol. The minimum absolute atomic E-state index is 0.238. The molecule has 0 bridgehead atoms. The molecule has 1 aromatic rings. The van der Waals surface area contributed by atoms with Gasteiger partial charge in [0, 0.05) is 23.6 Å². The average Bonchev–Trinajstić information content (AvgIpc) is 2.63. The second kappa shape index (κ2) is 5.57. The van der Waals surface area contributed by atoms with Gasteiger partial charge in [0.15, 0.2) is 0 Å². The molecule has 0 saturated carbocycles. The number of primary amides is 1. The van der Waals surface area contributed by atoms with E-state index in [9.17, 15) is 4.79 Å². The first kappa shape index (κ1) is 14.2. The van der Waals surface area contributed by atoms with Crippen LogP contribution in [0.2, 0.25) is 5.02 Å². The Morgan fingerprint density at radius 3 is 3.19 bits per heavy atom. The van der Waals surface area contributed by atoms with E-state index in [0.29, 0.717) is 29.3 Å². The van der Waals surface area contributed by atoms with E-state index < -0.39 is 0 Å². The van der Waals surface area contributed by atoms with Gasteiger partial charge >= 0.3 is 0 Å². The van der Waals surface area contributed by atoms with Gasteiger partial charge in [0.2, 0.25) is 5.91 Å². The molecule has 1 amide bonds. The number of hydrogen-bond acceptors (Lipinski definition) is 5. The summed E-state index contributed by atoms with van der Waals surface area (Å²) in [5.74, 6) is 1.09. The number of carbonyl (C=O) groups is 1. The Labute approximate surface area is 134 Å². The van der Waals surface area contributed by atoms with Gasteiger partial charge in [-0.2, -0.15) is 0 Å². The zero-order valence-electron chi connectivity index (χ0n) is 10.9. The lowest BCUT2D eigenvalue weighted by Gasteiger charge is -2.24. The van der Waals surface area contributed by atoms with Crippen molar-refractivity contribution < 1.29 is 9.53 Å². The van der Waals surface area contributed by atoms with Gasteiger partial charge in [-0.1, -0.05) is 11.6 Å². The highest BCUT2D eigenvalue weighted by molar-refractivity contribution is 9.10. The lowest BCUT2D eigenvalue weighted by molar-refractivity contribution is -0.118. The van der Waals surface area contributed by atoms with Gasteiger partial charge in [-0.15, -0.1) is 0 Å². The third-order valence-electron chi connectivity index (χ3n) is 3.20. The number of rotatable bonds is 3. The Bertz CT molecular complexity index is 762. The molecule has 2 heterocycles. The van der Waals surface area contributed by atoms with Gasteiger partial charge in [-0.25, -0.2) is 0 Å². The number of amides is 1. The Morgan fingerprint density at radius 2 is 2.43 bits per heavy atom. The van der Waals surface area contributed by atoms with E-state index in [1.165, 1.54) is 0 Å². The third-order valence-corrected chi connectivity index (χ3v) is 4.44. The van der Waals surface area contributed by atoms with Crippen molar-refractivity contribution in [3.63, 3.8) is 0 Å². The van der Waals surface area contributed by atoms with E-state index in [0.717, 1.165) is 15.5 Å². The Balaban J connectivity index is 2.20. The summed E-state index contributed by atoms with van der Waals surface area (Å²) in [6, 6.07) is 1.80. The Morgan fingerprint density at radius 1 is 1.62 bits per heavy atom. The summed E-state index contributed by atoms with van der Waals surface area (Å²) >= 11 is 9.71. The second-order valence-electron chi connectivity index (χ2n) is 4.55. The van der Waals surface area contributed by atoms with E-state index in [1.807, 2.05) is 4.90 Å². The summed E-state index contributed by atoms with van der Waals surface area (Å²) < 4.78 is 6.34. The van der Waals surface area contributed by atoms with Crippen molar-refractivity contribution in [2.75, 3.05) is 13.2 Å². The predicted molar refractivity (Wildman–Crippen MR) is 81.6 cm³/mol. The van der Waals surface area contributed by atoms with Gasteiger partial charge in [0.1, 0.15) is 24.5 Å². The average molecular weight is 372 g/mol. The molecule has 0 atom stereocenters. The lowest BCUT2D eigenvalue weighted by atomic mass is 10.2. The number of nitrogens with one attached hydrogen (secondary N) is 1. The predicted octanol–water partition coefficient (Wildman–Crippen LogP) is 0.389. The fourth-order valence-corrected chi connectivity index (χ4v) is 2.86. The third kappa shape index (κ3) is 2.58. The summed E-state index contributed by atoms with van der Waals surface area (Å²) in [5, 5.41) is 5.18. The van der Waals surface area contributed by atoms with Crippen LogP contribution >= 0.6 is 27.5 Å². The number of hydrogen-bond donors (Lipinski definition) is 2. The normalized spacial score (nSPS) is 15.5. The van der Waals surface area contributed by atoms with E-state index in [1.54, 1.807) is 18.5 Å². The zero-order valence-corrected chi connectivity index (χ0v) is 13.2. The van der Waals surface area contributed by atoms with Crippen molar-refractivity contribution in [2.24, 2.45) is 10.7 Å². The first-order valence-corrected chi connectivity index (χ1v) is 7.44. The SMILES string of the molecule is NC(=O)CCN1C=COc2cc(Br)c(Cl)c3c2=C1NCN=3. The zero-order chi connectivity index (χ0) is 15.0. The topological polar surface area (TPSA) is 80.0 Å². The Kier molecular flexibility index (Phi) is 3.77. The van der Waals surface area contributed by atoms with Gasteiger partial charge < -0.3 is 20.7 Å². The molecule has 6 nitrogen and oxygen atoms in total. The molecule has 0 aliphatic carbocycles. The van der Waals surface area contributed by atoms with Crippen molar-refractivity contribution in [3.8, 4) is 5.75 Å². The molecular weight excluding hydrogens is 360 g/mol. The fourth-order valence-electron chi connectivity index (χ4n) is 2.26. The second-order valence-corrected chi connectivity index (χ2v) is 5.78. The Hall–Kier alpha value is -1.73. The molecule has 3 rings (SSSR count). The molecule has 0 aromatic heterocycles. The van der Waals surface area contributed by atoms with E-state index in [-0.39, 0.29) is 12.3 Å². The van der Waals surface area contributed by atoms with Crippen LogP contribution in [0.25, 0.3) is 5.82 Å². The smallest absolute Gasteiger partial charge is 0.219 e. The molecule has 2 aliphatic rings. The first-order valence-electron chi connectivity index (χ1n) is 6.27. The maximum Gasteiger partial charge on any atom is 0.219 e. The molecule has 2 aliphatic heterocycles. The van der Waals surface area contributed by atoms with Gasteiger partial charge in [0.25, 0.3) is 0 Å². The van der Waals surface area contributed by atoms with E-state index in [4.69, 9.17) is 22.1 Å². The van der Waals surface area contributed by atoms with Crippen molar-refractivity contribution >= 4 is 39.3 Å². The van der Waals surface area contributed by atoms with E-state index >= 15 is 0 Å². The van der Waals surface area contributed by atoms with Crippen LogP contribution in [0.3, 0.4) is 0 Å². The fraction of sp³-hybridized carbons (Fsp3) is 0.231.